The highest BCUT2D eigenvalue weighted by Gasteiger charge is 2.21. The molecule has 0 aliphatic carbocycles. The number of β-amino-alcohol motifs (C(OH)–C–C–N with tert-alkyl or cyclic N) is 1. The molecule has 2 aromatic heterocycles. The molecule has 1 unspecified atom stereocenters. The first-order valence-corrected chi connectivity index (χ1v) is 10.9. The maximum Gasteiger partial charge on any atom is 0.262 e. The van der Waals surface area contributed by atoms with Crippen molar-refractivity contribution >= 4 is 11.0 Å². The van der Waals surface area contributed by atoms with Gasteiger partial charge in [-0.3, -0.25) is 14.6 Å². The molecule has 5 rings (SSSR count). The van der Waals surface area contributed by atoms with E-state index in [0.717, 1.165) is 37.4 Å². The van der Waals surface area contributed by atoms with E-state index in [4.69, 9.17) is 4.98 Å². The van der Waals surface area contributed by atoms with Gasteiger partial charge in [0.15, 0.2) is 5.65 Å². The van der Waals surface area contributed by atoms with Crippen molar-refractivity contribution in [2.24, 2.45) is 0 Å². The van der Waals surface area contributed by atoms with Crippen LogP contribution < -0.4 is 5.56 Å². The maximum atomic E-state index is 12.6. The average Bonchev–Trinajstić information content (AvgIpc) is 3.26. The Bertz CT molecular complexity index is 1230. The Morgan fingerprint density at radius 3 is 2.31 bits per heavy atom. The number of para-hydroxylation sites is 1. The molecule has 32 heavy (non-hydrogen) atoms. The molecular formula is C24H26N6O2. The third-order valence-electron chi connectivity index (χ3n) is 5.94. The van der Waals surface area contributed by atoms with Crippen LogP contribution in [0.2, 0.25) is 0 Å². The minimum absolute atomic E-state index is 0.170. The van der Waals surface area contributed by atoms with E-state index in [1.807, 2.05) is 60.7 Å². The van der Waals surface area contributed by atoms with E-state index in [1.165, 1.54) is 0 Å². The zero-order chi connectivity index (χ0) is 21.9. The molecule has 0 radical (unpaired) electrons. The molecule has 4 aromatic rings. The highest BCUT2D eigenvalue weighted by molar-refractivity contribution is 5.75. The van der Waals surface area contributed by atoms with Crippen molar-refractivity contribution < 1.29 is 5.11 Å². The molecule has 1 aliphatic rings. The van der Waals surface area contributed by atoms with Crippen molar-refractivity contribution in [2.45, 2.75) is 12.6 Å². The summed E-state index contributed by atoms with van der Waals surface area (Å²) in [5.74, 6) is 0.637. The number of aromatic nitrogens is 4. The minimum atomic E-state index is -0.485. The smallest absolute Gasteiger partial charge is 0.262 e. The number of hydrogen-bond acceptors (Lipinski definition) is 6. The van der Waals surface area contributed by atoms with E-state index < -0.39 is 6.10 Å². The lowest BCUT2D eigenvalue weighted by atomic mass is 10.1. The number of aliphatic hydroxyl groups excluding tert-OH is 1. The number of nitrogens with zero attached hydrogens (tertiary/aromatic N) is 5. The van der Waals surface area contributed by atoms with Crippen LogP contribution in [0.3, 0.4) is 0 Å². The van der Waals surface area contributed by atoms with Crippen LogP contribution in [-0.4, -0.2) is 67.4 Å². The predicted octanol–water partition coefficient (Wildman–Crippen LogP) is 1.96. The highest BCUT2D eigenvalue weighted by atomic mass is 16.3. The van der Waals surface area contributed by atoms with Gasteiger partial charge in [-0.05, 0) is 17.7 Å². The van der Waals surface area contributed by atoms with E-state index in [1.54, 1.807) is 10.9 Å². The van der Waals surface area contributed by atoms with Crippen molar-refractivity contribution in [3.63, 3.8) is 0 Å². The lowest BCUT2D eigenvalue weighted by molar-refractivity contribution is 0.0692. The largest absolute Gasteiger partial charge is 0.387 e. The molecule has 2 aromatic carbocycles. The van der Waals surface area contributed by atoms with Gasteiger partial charge in [0.05, 0.1) is 24.5 Å². The number of fused-ring (bicyclic) bond motifs is 1. The Morgan fingerprint density at radius 2 is 1.59 bits per heavy atom. The average molecular weight is 431 g/mol. The molecular weight excluding hydrogens is 404 g/mol. The zero-order valence-corrected chi connectivity index (χ0v) is 17.8. The Balaban J connectivity index is 1.25. The third kappa shape index (κ3) is 4.34. The highest BCUT2D eigenvalue weighted by Crippen LogP contribution is 2.17. The first kappa shape index (κ1) is 20.6. The molecule has 0 amide bonds. The molecule has 1 saturated heterocycles. The van der Waals surface area contributed by atoms with E-state index in [2.05, 4.69) is 19.9 Å². The third-order valence-corrected chi connectivity index (χ3v) is 5.94. The van der Waals surface area contributed by atoms with Crippen molar-refractivity contribution in [2.75, 3.05) is 32.7 Å². The molecule has 2 N–H and O–H groups in total. The summed E-state index contributed by atoms with van der Waals surface area (Å²) >= 11 is 0. The van der Waals surface area contributed by atoms with Crippen LogP contribution in [0.5, 0.6) is 0 Å². The monoisotopic (exact) mass is 430 g/mol. The molecule has 1 atom stereocenters. The minimum Gasteiger partial charge on any atom is -0.387 e. The zero-order valence-electron chi connectivity index (χ0n) is 17.8. The summed E-state index contributed by atoms with van der Waals surface area (Å²) in [4.78, 5) is 24.8. The molecule has 3 heterocycles. The first-order valence-electron chi connectivity index (χ1n) is 10.9. The fourth-order valence-corrected chi connectivity index (χ4v) is 4.16. The summed E-state index contributed by atoms with van der Waals surface area (Å²) in [7, 11) is 0. The van der Waals surface area contributed by atoms with Crippen LogP contribution in [0.4, 0.5) is 0 Å². The summed E-state index contributed by atoms with van der Waals surface area (Å²) in [5.41, 5.74) is 2.22. The van der Waals surface area contributed by atoms with Crippen molar-refractivity contribution in [1.29, 1.82) is 0 Å². The number of nitrogens with one attached hydrogen (secondary N) is 1. The van der Waals surface area contributed by atoms with Gasteiger partial charge in [0, 0.05) is 32.7 Å². The second-order valence-corrected chi connectivity index (χ2v) is 8.15. The Kier molecular flexibility index (Phi) is 5.81. The second-order valence-electron chi connectivity index (χ2n) is 8.15. The quantitative estimate of drug-likeness (QED) is 0.486. The second kappa shape index (κ2) is 9.04. The topological polar surface area (TPSA) is 90.3 Å². The van der Waals surface area contributed by atoms with Crippen LogP contribution in [0.15, 0.2) is 71.7 Å². The first-order chi connectivity index (χ1) is 15.7. The van der Waals surface area contributed by atoms with Crippen LogP contribution >= 0.6 is 0 Å². The van der Waals surface area contributed by atoms with Gasteiger partial charge in [-0.1, -0.05) is 48.5 Å². The molecule has 0 spiro atoms. The van der Waals surface area contributed by atoms with E-state index in [9.17, 15) is 9.90 Å². The predicted molar refractivity (Wildman–Crippen MR) is 123 cm³/mol. The van der Waals surface area contributed by atoms with Gasteiger partial charge in [0.25, 0.3) is 5.56 Å². The van der Waals surface area contributed by atoms with Gasteiger partial charge < -0.3 is 10.1 Å². The van der Waals surface area contributed by atoms with E-state index >= 15 is 0 Å². The van der Waals surface area contributed by atoms with Crippen molar-refractivity contribution in [3.8, 4) is 5.69 Å². The molecule has 1 fully saturated rings. The van der Waals surface area contributed by atoms with Crippen molar-refractivity contribution in [1.82, 2.24) is 29.5 Å². The number of benzene rings is 2. The van der Waals surface area contributed by atoms with Crippen molar-refractivity contribution in [3.05, 3.63) is 88.6 Å². The summed E-state index contributed by atoms with van der Waals surface area (Å²) in [6.07, 6.45) is 1.08. The normalized spacial score (nSPS) is 16.4. The maximum absolute atomic E-state index is 12.6. The van der Waals surface area contributed by atoms with Gasteiger partial charge in [-0.15, -0.1) is 0 Å². The summed E-state index contributed by atoms with van der Waals surface area (Å²) < 4.78 is 1.71. The standard InChI is InChI=1S/C24H26N6O2/c31-21(18-7-3-1-4-8-18)16-28-11-13-29(14-12-28)17-22-26-23-20(24(32)27-22)15-25-30(23)19-9-5-2-6-10-19/h1-10,15,21,31H,11-14,16-17H2,(H,26,27,32). The van der Waals surface area contributed by atoms with Gasteiger partial charge in [-0.25, -0.2) is 9.67 Å². The number of rotatable bonds is 6. The lowest BCUT2D eigenvalue weighted by Gasteiger charge is -2.35. The fraction of sp³-hybridized carbons (Fsp3) is 0.292. The number of H-pyrrole nitrogens is 1. The van der Waals surface area contributed by atoms with Gasteiger partial charge >= 0.3 is 0 Å². The van der Waals surface area contributed by atoms with Gasteiger partial charge in [-0.2, -0.15) is 5.10 Å². The molecule has 0 saturated carbocycles. The summed E-state index contributed by atoms with van der Waals surface area (Å²) in [6, 6.07) is 19.5. The Labute approximate surface area is 185 Å². The Hall–Kier alpha value is -3.33. The Morgan fingerprint density at radius 1 is 0.938 bits per heavy atom. The van der Waals surface area contributed by atoms with Gasteiger partial charge in [0.1, 0.15) is 11.2 Å². The lowest BCUT2D eigenvalue weighted by Crippen LogP contribution is -2.47. The van der Waals surface area contributed by atoms with Gasteiger partial charge in [0.2, 0.25) is 0 Å². The van der Waals surface area contributed by atoms with E-state index in [0.29, 0.717) is 29.9 Å². The number of piperazine rings is 1. The van der Waals surface area contributed by atoms with Crippen LogP contribution in [-0.2, 0) is 6.54 Å². The number of aromatic amines is 1. The molecule has 1 aliphatic heterocycles. The van der Waals surface area contributed by atoms with Crippen LogP contribution in [0.1, 0.15) is 17.5 Å². The number of aliphatic hydroxyl groups is 1. The number of hydrogen-bond donors (Lipinski definition) is 2. The SMILES string of the molecule is O=c1[nH]c(CN2CCN(CC(O)c3ccccc3)CC2)nc2c1cnn2-c1ccccc1. The summed E-state index contributed by atoms with van der Waals surface area (Å²) in [6.45, 7) is 4.61. The molecule has 8 nitrogen and oxygen atoms in total. The summed E-state index contributed by atoms with van der Waals surface area (Å²) in [5, 5.41) is 15.3. The van der Waals surface area contributed by atoms with Crippen LogP contribution in [0, 0.1) is 0 Å². The molecule has 0 bridgehead atoms. The van der Waals surface area contributed by atoms with E-state index in [-0.39, 0.29) is 5.56 Å². The molecule has 164 valence electrons. The van der Waals surface area contributed by atoms with Crippen LogP contribution in [0.25, 0.3) is 16.7 Å². The molecule has 8 heteroatoms. The fourth-order valence-electron chi connectivity index (χ4n) is 4.16.